The number of ketones is 1. The van der Waals surface area contributed by atoms with E-state index >= 15 is 0 Å². The lowest BCUT2D eigenvalue weighted by molar-refractivity contribution is 0.0933. The third kappa shape index (κ3) is 5.42. The van der Waals surface area contributed by atoms with Crippen molar-refractivity contribution in [3.63, 3.8) is 0 Å². The molecule has 1 aromatic carbocycles. The molecule has 0 radical (unpaired) electrons. The predicted molar refractivity (Wildman–Crippen MR) is 119 cm³/mol. The van der Waals surface area contributed by atoms with Crippen LogP contribution in [-0.4, -0.2) is 53.2 Å². The van der Waals surface area contributed by atoms with E-state index in [0.29, 0.717) is 17.9 Å². The van der Waals surface area contributed by atoms with Crippen LogP contribution in [0.15, 0.2) is 36.5 Å². The molecule has 0 bridgehead atoms. The number of amides is 1. The fourth-order valence-corrected chi connectivity index (χ4v) is 3.83. The van der Waals surface area contributed by atoms with Crippen molar-refractivity contribution in [3.8, 4) is 0 Å². The molecule has 2 heterocycles. The number of carbonyl (C=O) groups excluding carboxylic acids is 2. The van der Waals surface area contributed by atoms with Crippen LogP contribution in [-0.2, 0) is 0 Å². The summed E-state index contributed by atoms with van der Waals surface area (Å²) in [6.07, 6.45) is 1.40. The molecule has 1 unspecified atom stereocenters. The summed E-state index contributed by atoms with van der Waals surface area (Å²) in [7, 11) is 3.84. The summed E-state index contributed by atoms with van der Waals surface area (Å²) in [4.78, 5) is 34.9. The van der Waals surface area contributed by atoms with Gasteiger partial charge in [-0.25, -0.2) is 18.7 Å². The van der Waals surface area contributed by atoms with Gasteiger partial charge in [0.15, 0.2) is 5.13 Å². The molecule has 0 fully saturated rings. The van der Waals surface area contributed by atoms with Gasteiger partial charge in [0, 0.05) is 18.8 Å². The van der Waals surface area contributed by atoms with E-state index in [1.165, 1.54) is 12.3 Å². The summed E-state index contributed by atoms with van der Waals surface area (Å²) in [6, 6.07) is 6.28. The first-order valence-corrected chi connectivity index (χ1v) is 10.4. The Morgan fingerprint density at radius 2 is 1.88 bits per heavy atom. The molecule has 1 atom stereocenters. The summed E-state index contributed by atoms with van der Waals surface area (Å²) in [5, 5.41) is 5.96. The number of likely N-dealkylation sites (N-methyl/N-ethyl adjacent to an activating group) is 1. The van der Waals surface area contributed by atoms with Gasteiger partial charge in [0.2, 0.25) is 5.78 Å². The second-order valence-electron chi connectivity index (χ2n) is 7.35. The number of aromatic nitrogens is 2. The smallest absolute Gasteiger partial charge is 0.253 e. The van der Waals surface area contributed by atoms with Gasteiger partial charge in [-0.2, -0.15) is 0 Å². The van der Waals surface area contributed by atoms with Crippen LogP contribution in [0.1, 0.15) is 32.5 Å². The highest BCUT2D eigenvalue weighted by atomic mass is 32.1. The standard InChI is InChI=1S/C21H22F2N6O2S/c1-11(10-29(2)3)26-20(31)12-7-8-15(25-9-12)27-21-28-19(24)18(32-21)17(30)16-13(22)5-4-6-14(16)23/h4-9,11H,10,24H2,1-3H3,(H,26,31)(H,25,27,28). The first-order chi connectivity index (χ1) is 15.2. The van der Waals surface area contributed by atoms with Crippen molar-refractivity contribution in [2.24, 2.45) is 0 Å². The van der Waals surface area contributed by atoms with E-state index in [1.54, 1.807) is 12.1 Å². The number of pyridine rings is 1. The van der Waals surface area contributed by atoms with Crippen molar-refractivity contribution in [3.05, 3.63) is 64.2 Å². The van der Waals surface area contributed by atoms with Gasteiger partial charge in [0.1, 0.15) is 28.1 Å². The Balaban J connectivity index is 1.71. The number of hydrogen-bond acceptors (Lipinski definition) is 8. The third-order valence-electron chi connectivity index (χ3n) is 4.33. The SMILES string of the molecule is CC(CN(C)C)NC(=O)c1ccc(Nc2nc(N)c(C(=O)c3c(F)cccc3F)s2)nc1. The minimum absolute atomic E-state index is 0.0381. The van der Waals surface area contributed by atoms with Crippen LogP contribution in [0.25, 0.3) is 0 Å². The maximum Gasteiger partial charge on any atom is 0.253 e. The zero-order valence-electron chi connectivity index (χ0n) is 17.6. The fraction of sp³-hybridized carbons (Fsp3) is 0.238. The summed E-state index contributed by atoms with van der Waals surface area (Å²) >= 11 is 0.845. The molecule has 1 amide bonds. The minimum Gasteiger partial charge on any atom is -0.382 e. The molecule has 0 spiro atoms. The summed E-state index contributed by atoms with van der Waals surface area (Å²) in [6.45, 7) is 2.60. The molecule has 2 aromatic heterocycles. The number of thiazole rings is 1. The topological polar surface area (TPSA) is 113 Å². The van der Waals surface area contributed by atoms with Crippen LogP contribution in [0.3, 0.4) is 0 Å². The largest absolute Gasteiger partial charge is 0.382 e. The van der Waals surface area contributed by atoms with Crippen LogP contribution in [0, 0.1) is 11.6 Å². The van der Waals surface area contributed by atoms with Crippen molar-refractivity contribution in [2.45, 2.75) is 13.0 Å². The van der Waals surface area contributed by atoms with Crippen LogP contribution in [0.4, 0.5) is 25.5 Å². The number of nitrogens with two attached hydrogens (primary N) is 1. The Morgan fingerprint density at radius 3 is 2.47 bits per heavy atom. The highest BCUT2D eigenvalue weighted by molar-refractivity contribution is 7.18. The summed E-state index contributed by atoms with van der Waals surface area (Å²) in [5.74, 6) is -2.91. The zero-order valence-corrected chi connectivity index (χ0v) is 18.5. The number of nitrogens with zero attached hydrogens (tertiary/aromatic N) is 3. The van der Waals surface area contributed by atoms with E-state index < -0.39 is 23.0 Å². The molecule has 0 aliphatic carbocycles. The second kappa shape index (κ2) is 9.79. The normalized spacial score (nSPS) is 11.9. The summed E-state index contributed by atoms with van der Waals surface area (Å²) in [5.41, 5.74) is 5.49. The van der Waals surface area contributed by atoms with Gasteiger partial charge in [-0.15, -0.1) is 0 Å². The van der Waals surface area contributed by atoms with E-state index in [0.717, 1.165) is 23.5 Å². The van der Waals surface area contributed by atoms with Gasteiger partial charge in [-0.1, -0.05) is 17.4 Å². The molecule has 8 nitrogen and oxygen atoms in total. The molecule has 0 aliphatic rings. The molecule has 4 N–H and O–H groups in total. The molecule has 3 rings (SSSR count). The van der Waals surface area contributed by atoms with Gasteiger partial charge >= 0.3 is 0 Å². The first-order valence-electron chi connectivity index (χ1n) is 9.59. The van der Waals surface area contributed by atoms with E-state index in [1.807, 2.05) is 25.9 Å². The van der Waals surface area contributed by atoms with E-state index in [2.05, 4.69) is 20.6 Å². The average Bonchev–Trinajstić information content (AvgIpc) is 3.07. The van der Waals surface area contributed by atoms with Gasteiger partial charge in [-0.05, 0) is 45.3 Å². The Kier molecular flexibility index (Phi) is 7.11. The molecule has 0 aliphatic heterocycles. The van der Waals surface area contributed by atoms with Gasteiger partial charge < -0.3 is 21.3 Å². The zero-order chi connectivity index (χ0) is 23.4. The molecular formula is C21H22F2N6O2S. The number of hydrogen-bond donors (Lipinski definition) is 3. The Hall–Kier alpha value is -3.44. The minimum atomic E-state index is -0.979. The van der Waals surface area contributed by atoms with Gasteiger partial charge in [0.25, 0.3) is 5.91 Å². The van der Waals surface area contributed by atoms with Crippen molar-refractivity contribution in [1.29, 1.82) is 0 Å². The van der Waals surface area contributed by atoms with Gasteiger partial charge in [-0.3, -0.25) is 9.59 Å². The molecule has 32 heavy (non-hydrogen) atoms. The van der Waals surface area contributed by atoms with E-state index in [4.69, 9.17) is 5.73 Å². The number of nitrogen functional groups attached to an aromatic ring is 1. The van der Waals surface area contributed by atoms with Crippen molar-refractivity contribution < 1.29 is 18.4 Å². The Morgan fingerprint density at radius 1 is 1.19 bits per heavy atom. The molecule has 168 valence electrons. The highest BCUT2D eigenvalue weighted by Gasteiger charge is 2.24. The Bertz CT molecular complexity index is 1110. The van der Waals surface area contributed by atoms with Gasteiger partial charge in [0.05, 0.1) is 11.1 Å². The number of benzene rings is 1. The highest BCUT2D eigenvalue weighted by Crippen LogP contribution is 2.30. The number of anilines is 3. The maximum absolute atomic E-state index is 13.9. The number of nitrogens with one attached hydrogen (secondary N) is 2. The predicted octanol–water partition coefficient (Wildman–Crippen LogP) is 3.05. The van der Waals surface area contributed by atoms with E-state index in [9.17, 15) is 18.4 Å². The van der Waals surface area contributed by atoms with E-state index in [-0.39, 0.29) is 27.8 Å². The van der Waals surface area contributed by atoms with Crippen molar-refractivity contribution in [2.75, 3.05) is 31.7 Å². The Labute approximate surface area is 187 Å². The number of rotatable bonds is 8. The lowest BCUT2D eigenvalue weighted by Gasteiger charge is -2.18. The van der Waals surface area contributed by atoms with Crippen LogP contribution < -0.4 is 16.4 Å². The molecule has 0 saturated carbocycles. The van der Waals surface area contributed by atoms with Crippen molar-refractivity contribution in [1.82, 2.24) is 20.2 Å². The molecule has 11 heteroatoms. The third-order valence-corrected chi connectivity index (χ3v) is 5.31. The monoisotopic (exact) mass is 460 g/mol. The number of halogens is 2. The number of carbonyl (C=O) groups is 2. The molecule has 3 aromatic rings. The lowest BCUT2D eigenvalue weighted by Crippen LogP contribution is -2.39. The average molecular weight is 461 g/mol. The summed E-state index contributed by atoms with van der Waals surface area (Å²) < 4.78 is 27.9. The molecular weight excluding hydrogens is 438 g/mol. The second-order valence-corrected chi connectivity index (χ2v) is 8.35. The molecule has 0 saturated heterocycles. The maximum atomic E-state index is 13.9. The van der Waals surface area contributed by atoms with Crippen molar-refractivity contribution >= 4 is 39.8 Å². The fourth-order valence-electron chi connectivity index (χ4n) is 2.99. The quantitative estimate of drug-likeness (QED) is 0.443. The van der Waals surface area contributed by atoms with Crippen LogP contribution >= 0.6 is 11.3 Å². The lowest BCUT2D eigenvalue weighted by atomic mass is 10.1. The first kappa shape index (κ1) is 23.2. The van der Waals surface area contributed by atoms with Crippen LogP contribution in [0.5, 0.6) is 0 Å². The van der Waals surface area contributed by atoms with Crippen LogP contribution in [0.2, 0.25) is 0 Å².